The van der Waals surface area contributed by atoms with E-state index in [-0.39, 0.29) is 18.4 Å². The van der Waals surface area contributed by atoms with E-state index in [1.54, 1.807) is 6.92 Å². The number of hydrogen-bond acceptors (Lipinski definition) is 4. The molecule has 2 atom stereocenters. The Hall–Kier alpha value is -1.82. The molecule has 3 N–H and O–H groups in total. The van der Waals surface area contributed by atoms with E-state index in [0.717, 1.165) is 18.4 Å². The Morgan fingerprint density at radius 1 is 1.57 bits per heavy atom. The molecule has 0 fully saturated rings. The SMILES string of the molecule is CCCCOC(=O)NC[C@@]1(C)Cc2cc(F)cc([C@@H](C)N)c2O1. The third-order valence-corrected chi connectivity index (χ3v) is 3.90. The van der Waals surface area contributed by atoms with E-state index >= 15 is 0 Å². The average molecular weight is 324 g/mol. The summed E-state index contributed by atoms with van der Waals surface area (Å²) in [5.74, 6) is 0.306. The van der Waals surface area contributed by atoms with Crippen LogP contribution in [0.15, 0.2) is 12.1 Å². The van der Waals surface area contributed by atoms with Crippen LogP contribution in [-0.2, 0) is 11.2 Å². The maximum absolute atomic E-state index is 13.7. The van der Waals surface area contributed by atoms with Crippen molar-refractivity contribution >= 4 is 6.09 Å². The van der Waals surface area contributed by atoms with E-state index in [0.29, 0.717) is 24.3 Å². The van der Waals surface area contributed by atoms with Crippen molar-refractivity contribution in [3.63, 3.8) is 0 Å². The lowest BCUT2D eigenvalue weighted by molar-refractivity contribution is 0.0999. The predicted molar refractivity (Wildman–Crippen MR) is 86.0 cm³/mol. The van der Waals surface area contributed by atoms with Crippen LogP contribution in [0.1, 0.15) is 50.8 Å². The zero-order valence-corrected chi connectivity index (χ0v) is 13.9. The monoisotopic (exact) mass is 324 g/mol. The number of unbranched alkanes of at least 4 members (excludes halogenated alkanes) is 1. The summed E-state index contributed by atoms with van der Waals surface area (Å²) in [6.45, 7) is 6.38. The molecule has 1 aliphatic rings. The highest BCUT2D eigenvalue weighted by Crippen LogP contribution is 2.40. The van der Waals surface area contributed by atoms with Crippen molar-refractivity contribution in [2.45, 2.75) is 51.7 Å². The van der Waals surface area contributed by atoms with Crippen LogP contribution < -0.4 is 15.8 Å². The van der Waals surface area contributed by atoms with Gasteiger partial charge in [0.15, 0.2) is 0 Å². The summed E-state index contributed by atoms with van der Waals surface area (Å²) in [4.78, 5) is 11.7. The first kappa shape index (κ1) is 17.5. The Labute approximate surface area is 136 Å². The van der Waals surface area contributed by atoms with E-state index in [1.165, 1.54) is 12.1 Å². The Morgan fingerprint density at radius 2 is 2.30 bits per heavy atom. The molecule has 2 rings (SSSR count). The molecule has 0 unspecified atom stereocenters. The molecule has 0 bridgehead atoms. The molecule has 6 heteroatoms. The molecule has 0 aromatic heterocycles. The summed E-state index contributed by atoms with van der Waals surface area (Å²) in [7, 11) is 0. The maximum Gasteiger partial charge on any atom is 0.407 e. The number of benzene rings is 1. The lowest BCUT2D eigenvalue weighted by Gasteiger charge is -2.25. The molecule has 1 heterocycles. The Bertz CT molecular complexity index is 577. The lowest BCUT2D eigenvalue weighted by atomic mass is 9.97. The van der Waals surface area contributed by atoms with Gasteiger partial charge in [-0.15, -0.1) is 0 Å². The first-order chi connectivity index (χ1) is 10.8. The smallest absolute Gasteiger partial charge is 0.407 e. The summed E-state index contributed by atoms with van der Waals surface area (Å²) in [6, 6.07) is 2.54. The van der Waals surface area contributed by atoms with Crippen LogP contribution in [0.2, 0.25) is 0 Å². The van der Waals surface area contributed by atoms with Crippen molar-refractivity contribution in [2.24, 2.45) is 5.73 Å². The molecule has 1 aromatic carbocycles. The highest BCUT2D eigenvalue weighted by Gasteiger charge is 2.37. The molecule has 5 nitrogen and oxygen atoms in total. The van der Waals surface area contributed by atoms with E-state index in [1.807, 2.05) is 13.8 Å². The number of alkyl carbamates (subject to hydrolysis) is 1. The second kappa shape index (κ2) is 7.17. The highest BCUT2D eigenvalue weighted by molar-refractivity contribution is 5.67. The van der Waals surface area contributed by atoms with Gasteiger partial charge in [0.05, 0.1) is 13.2 Å². The largest absolute Gasteiger partial charge is 0.485 e. The van der Waals surface area contributed by atoms with Crippen molar-refractivity contribution in [3.05, 3.63) is 29.1 Å². The number of hydrogen-bond donors (Lipinski definition) is 2. The fraction of sp³-hybridized carbons (Fsp3) is 0.588. The second-order valence-corrected chi connectivity index (χ2v) is 6.34. The third-order valence-electron chi connectivity index (χ3n) is 3.90. The molecule has 0 saturated heterocycles. The van der Waals surface area contributed by atoms with Gasteiger partial charge >= 0.3 is 6.09 Å². The van der Waals surface area contributed by atoms with E-state index < -0.39 is 11.7 Å². The number of ether oxygens (including phenoxy) is 2. The van der Waals surface area contributed by atoms with Crippen molar-refractivity contribution in [3.8, 4) is 5.75 Å². The maximum atomic E-state index is 13.7. The normalized spacial score (nSPS) is 20.6. The molecular formula is C17H25FN2O3. The van der Waals surface area contributed by atoms with E-state index in [9.17, 15) is 9.18 Å². The van der Waals surface area contributed by atoms with Crippen LogP contribution in [0, 0.1) is 5.82 Å². The van der Waals surface area contributed by atoms with Gasteiger partial charge in [0.25, 0.3) is 0 Å². The minimum atomic E-state index is -0.635. The van der Waals surface area contributed by atoms with Gasteiger partial charge in [0.2, 0.25) is 0 Å². The number of rotatable bonds is 6. The number of amides is 1. The van der Waals surface area contributed by atoms with Gasteiger partial charge in [0.1, 0.15) is 17.2 Å². The van der Waals surface area contributed by atoms with Crippen molar-refractivity contribution in [1.29, 1.82) is 0 Å². The number of nitrogens with one attached hydrogen (secondary N) is 1. The Morgan fingerprint density at radius 3 is 2.96 bits per heavy atom. The summed E-state index contributed by atoms with van der Waals surface area (Å²) < 4.78 is 24.8. The molecule has 0 aliphatic carbocycles. The first-order valence-corrected chi connectivity index (χ1v) is 8.02. The molecule has 1 amide bonds. The topological polar surface area (TPSA) is 73.6 Å². The average Bonchev–Trinajstić information content (AvgIpc) is 2.81. The second-order valence-electron chi connectivity index (χ2n) is 6.34. The number of carbonyl (C=O) groups is 1. The molecule has 1 aliphatic heterocycles. The van der Waals surface area contributed by atoms with Crippen LogP contribution >= 0.6 is 0 Å². The first-order valence-electron chi connectivity index (χ1n) is 8.02. The Balaban J connectivity index is 2.00. The van der Waals surface area contributed by atoms with Gasteiger partial charge in [-0.2, -0.15) is 0 Å². The number of halogens is 1. The highest BCUT2D eigenvalue weighted by atomic mass is 19.1. The van der Waals surface area contributed by atoms with Gasteiger partial charge in [-0.1, -0.05) is 13.3 Å². The summed E-state index contributed by atoms with van der Waals surface area (Å²) in [6.07, 6.45) is 1.85. The van der Waals surface area contributed by atoms with Gasteiger partial charge in [-0.3, -0.25) is 0 Å². The van der Waals surface area contributed by atoms with Gasteiger partial charge in [0, 0.05) is 23.6 Å². The molecule has 0 saturated carbocycles. The van der Waals surface area contributed by atoms with Gasteiger partial charge < -0.3 is 20.5 Å². The van der Waals surface area contributed by atoms with Crippen LogP contribution in [0.3, 0.4) is 0 Å². The van der Waals surface area contributed by atoms with Gasteiger partial charge in [-0.05, 0) is 32.4 Å². The lowest BCUT2D eigenvalue weighted by Crippen LogP contribution is -2.44. The minimum absolute atomic E-state index is 0.284. The molecule has 1 aromatic rings. The summed E-state index contributed by atoms with van der Waals surface area (Å²) in [5, 5.41) is 2.71. The number of fused-ring (bicyclic) bond motifs is 1. The zero-order chi connectivity index (χ0) is 17.0. The Kier molecular flexibility index (Phi) is 5.46. The van der Waals surface area contributed by atoms with Crippen LogP contribution in [0.25, 0.3) is 0 Å². The number of nitrogens with two attached hydrogens (primary N) is 1. The predicted octanol–water partition coefficient (Wildman–Crippen LogP) is 3.07. The summed E-state index contributed by atoms with van der Waals surface area (Å²) >= 11 is 0. The molecule has 23 heavy (non-hydrogen) atoms. The van der Waals surface area contributed by atoms with Crippen molar-refractivity contribution in [1.82, 2.24) is 5.32 Å². The quantitative estimate of drug-likeness (QED) is 0.789. The molecular weight excluding hydrogens is 299 g/mol. The fourth-order valence-corrected chi connectivity index (χ4v) is 2.67. The zero-order valence-electron chi connectivity index (χ0n) is 13.9. The fourth-order valence-electron chi connectivity index (χ4n) is 2.67. The summed E-state index contributed by atoms with van der Waals surface area (Å²) in [5.41, 5.74) is 6.69. The van der Waals surface area contributed by atoms with Gasteiger partial charge in [-0.25, -0.2) is 9.18 Å². The van der Waals surface area contributed by atoms with E-state index in [2.05, 4.69) is 5.32 Å². The van der Waals surface area contributed by atoms with E-state index in [4.69, 9.17) is 15.2 Å². The van der Waals surface area contributed by atoms with Crippen LogP contribution in [0.4, 0.5) is 9.18 Å². The number of carbonyl (C=O) groups excluding carboxylic acids is 1. The standard InChI is InChI=1S/C17H25FN2O3/c1-4-5-6-22-16(21)20-10-17(3)9-12-7-13(18)8-14(11(2)19)15(12)23-17/h7-8,11H,4-6,9-10,19H2,1-3H3,(H,20,21)/t11-,17-/m1/s1. The van der Waals surface area contributed by atoms with Crippen LogP contribution in [0.5, 0.6) is 5.75 Å². The minimum Gasteiger partial charge on any atom is -0.485 e. The van der Waals surface area contributed by atoms with Crippen LogP contribution in [-0.4, -0.2) is 24.8 Å². The molecule has 128 valence electrons. The van der Waals surface area contributed by atoms with Crippen molar-refractivity contribution in [2.75, 3.05) is 13.2 Å². The third kappa shape index (κ3) is 4.34. The molecule has 0 radical (unpaired) electrons. The van der Waals surface area contributed by atoms with Crippen molar-refractivity contribution < 1.29 is 18.7 Å². The molecule has 0 spiro atoms.